The summed E-state index contributed by atoms with van der Waals surface area (Å²) >= 11 is 7.73. The molecule has 1 nitrogen and oxygen atoms in total. The molecular formula is C13H17ClOS. The Hall–Kier alpha value is -0.340. The number of thioether (sulfide) groups is 1. The van der Waals surface area contributed by atoms with Gasteiger partial charge >= 0.3 is 0 Å². The van der Waals surface area contributed by atoms with Gasteiger partial charge in [0.2, 0.25) is 0 Å². The molecule has 0 aromatic heterocycles. The largest absolute Gasteiger partial charge is 0.493 e. The van der Waals surface area contributed by atoms with E-state index >= 15 is 0 Å². The van der Waals surface area contributed by atoms with Gasteiger partial charge in [-0.05, 0) is 12.5 Å². The fraction of sp³-hybridized carbons (Fsp3) is 0.538. The average Bonchev–Trinajstić information content (AvgIpc) is 2.70. The molecule has 0 saturated carbocycles. The third-order valence-electron chi connectivity index (χ3n) is 2.90. The summed E-state index contributed by atoms with van der Waals surface area (Å²) < 4.78 is 5.66. The maximum atomic E-state index is 5.73. The highest BCUT2D eigenvalue weighted by molar-refractivity contribution is 7.99. The van der Waals surface area contributed by atoms with Crippen molar-refractivity contribution in [1.82, 2.24) is 0 Å². The molecule has 0 N–H and O–H groups in total. The van der Waals surface area contributed by atoms with Crippen molar-refractivity contribution in [2.75, 3.05) is 18.2 Å². The minimum absolute atomic E-state index is 0.555. The van der Waals surface area contributed by atoms with Crippen molar-refractivity contribution >= 4 is 23.4 Å². The first-order valence-corrected chi connectivity index (χ1v) is 7.29. The number of benzene rings is 1. The van der Waals surface area contributed by atoms with E-state index in [2.05, 4.69) is 25.1 Å². The lowest BCUT2D eigenvalue weighted by atomic mass is 10.0. The smallest absolute Gasteiger partial charge is 0.122 e. The molecule has 0 radical (unpaired) electrons. The minimum atomic E-state index is 0.555. The van der Waals surface area contributed by atoms with Crippen LogP contribution in [0, 0.1) is 0 Å². The maximum absolute atomic E-state index is 5.73. The first kappa shape index (κ1) is 12.1. The molecule has 0 spiro atoms. The molecule has 1 aromatic rings. The number of para-hydroxylation sites is 1. The number of alkyl halides is 1. The van der Waals surface area contributed by atoms with Gasteiger partial charge in [-0.2, -0.15) is 11.8 Å². The zero-order chi connectivity index (χ0) is 11.4. The molecule has 3 heteroatoms. The van der Waals surface area contributed by atoms with Gasteiger partial charge in [0.05, 0.1) is 6.61 Å². The van der Waals surface area contributed by atoms with Crippen molar-refractivity contribution in [2.45, 2.75) is 24.5 Å². The molecule has 1 aromatic carbocycles. The molecular weight excluding hydrogens is 240 g/mol. The number of hydrogen-bond acceptors (Lipinski definition) is 2. The highest BCUT2D eigenvalue weighted by atomic mass is 35.5. The van der Waals surface area contributed by atoms with E-state index < -0.39 is 0 Å². The number of hydrogen-bond donors (Lipinski definition) is 0. The second-order valence-electron chi connectivity index (χ2n) is 4.17. The summed E-state index contributed by atoms with van der Waals surface area (Å²) in [6.07, 6.45) is 1.08. The summed E-state index contributed by atoms with van der Waals surface area (Å²) in [6, 6.07) is 8.36. The molecule has 1 aliphatic rings. The molecule has 88 valence electrons. The first-order valence-electron chi connectivity index (χ1n) is 5.70. The van der Waals surface area contributed by atoms with Crippen molar-refractivity contribution in [3.63, 3.8) is 0 Å². The SMILES string of the molecule is CC(CCCl)SCC1COc2ccccc21. The van der Waals surface area contributed by atoms with Crippen LogP contribution in [0.4, 0.5) is 0 Å². The summed E-state index contributed by atoms with van der Waals surface area (Å²) in [7, 11) is 0. The Kier molecular flexibility index (Phi) is 4.42. The Morgan fingerprint density at radius 3 is 3.12 bits per heavy atom. The third kappa shape index (κ3) is 2.86. The van der Waals surface area contributed by atoms with Crippen LogP contribution in [-0.2, 0) is 0 Å². The van der Waals surface area contributed by atoms with E-state index in [0.29, 0.717) is 11.2 Å². The van der Waals surface area contributed by atoms with Crippen LogP contribution in [0.2, 0.25) is 0 Å². The van der Waals surface area contributed by atoms with Crippen molar-refractivity contribution in [3.8, 4) is 5.75 Å². The van der Waals surface area contributed by atoms with Crippen LogP contribution in [-0.4, -0.2) is 23.5 Å². The molecule has 2 atom stereocenters. The van der Waals surface area contributed by atoms with E-state index in [1.54, 1.807) is 0 Å². The fourth-order valence-electron chi connectivity index (χ4n) is 1.88. The van der Waals surface area contributed by atoms with Gasteiger partial charge in [-0.25, -0.2) is 0 Å². The molecule has 1 aliphatic heterocycles. The molecule has 0 bridgehead atoms. The molecule has 0 amide bonds. The van der Waals surface area contributed by atoms with Crippen LogP contribution in [0.15, 0.2) is 24.3 Å². The van der Waals surface area contributed by atoms with Crippen molar-refractivity contribution < 1.29 is 4.74 Å². The van der Waals surface area contributed by atoms with E-state index in [0.717, 1.165) is 30.4 Å². The van der Waals surface area contributed by atoms with E-state index in [-0.39, 0.29) is 0 Å². The molecule has 0 saturated heterocycles. The number of halogens is 1. The molecule has 0 fully saturated rings. The van der Waals surface area contributed by atoms with Crippen molar-refractivity contribution in [3.05, 3.63) is 29.8 Å². The Balaban J connectivity index is 1.88. The average molecular weight is 257 g/mol. The quantitative estimate of drug-likeness (QED) is 0.739. The third-order valence-corrected chi connectivity index (χ3v) is 4.51. The van der Waals surface area contributed by atoms with E-state index in [1.165, 1.54) is 5.56 Å². The van der Waals surface area contributed by atoms with Gasteiger partial charge < -0.3 is 4.74 Å². The Morgan fingerprint density at radius 1 is 1.50 bits per heavy atom. The van der Waals surface area contributed by atoms with E-state index in [9.17, 15) is 0 Å². The predicted molar refractivity (Wildman–Crippen MR) is 71.9 cm³/mol. The van der Waals surface area contributed by atoms with Gasteiger partial charge in [-0.15, -0.1) is 11.6 Å². The standard InChI is InChI=1S/C13H17ClOS/c1-10(6-7-14)16-9-11-8-15-13-5-3-2-4-12(11)13/h2-5,10-11H,6-9H2,1H3. The van der Waals surface area contributed by atoms with Gasteiger partial charge in [0, 0.05) is 28.4 Å². The first-order chi connectivity index (χ1) is 7.81. The van der Waals surface area contributed by atoms with E-state index in [4.69, 9.17) is 16.3 Å². The van der Waals surface area contributed by atoms with Gasteiger partial charge in [-0.3, -0.25) is 0 Å². The van der Waals surface area contributed by atoms with Gasteiger partial charge in [0.15, 0.2) is 0 Å². The molecule has 2 rings (SSSR count). The lowest BCUT2D eigenvalue weighted by Gasteiger charge is -2.12. The molecule has 0 aliphatic carbocycles. The predicted octanol–water partition coefficient (Wildman–Crippen LogP) is 3.91. The van der Waals surface area contributed by atoms with E-state index in [1.807, 2.05) is 17.8 Å². The molecule has 1 heterocycles. The van der Waals surface area contributed by atoms with Crippen LogP contribution < -0.4 is 4.74 Å². The second kappa shape index (κ2) is 5.83. The highest BCUT2D eigenvalue weighted by Gasteiger charge is 2.23. The van der Waals surface area contributed by atoms with Crippen LogP contribution in [0.5, 0.6) is 5.75 Å². The Bertz CT molecular complexity index is 342. The van der Waals surface area contributed by atoms with Crippen molar-refractivity contribution in [1.29, 1.82) is 0 Å². The summed E-state index contributed by atoms with van der Waals surface area (Å²) in [4.78, 5) is 0. The van der Waals surface area contributed by atoms with Gasteiger partial charge in [-0.1, -0.05) is 25.1 Å². The Labute approximate surface area is 107 Å². The topological polar surface area (TPSA) is 9.23 Å². The molecule has 2 unspecified atom stereocenters. The monoisotopic (exact) mass is 256 g/mol. The summed E-state index contributed by atoms with van der Waals surface area (Å²) in [6.45, 7) is 3.08. The normalized spacial score (nSPS) is 20.2. The summed E-state index contributed by atoms with van der Waals surface area (Å²) in [5.41, 5.74) is 1.37. The lowest BCUT2D eigenvalue weighted by Crippen LogP contribution is -2.07. The van der Waals surface area contributed by atoms with Crippen LogP contribution in [0.25, 0.3) is 0 Å². The van der Waals surface area contributed by atoms with Gasteiger partial charge in [0.1, 0.15) is 5.75 Å². The second-order valence-corrected chi connectivity index (χ2v) is 6.02. The van der Waals surface area contributed by atoms with Crippen LogP contribution in [0.3, 0.4) is 0 Å². The molecule has 16 heavy (non-hydrogen) atoms. The zero-order valence-electron chi connectivity index (χ0n) is 9.49. The van der Waals surface area contributed by atoms with Crippen molar-refractivity contribution in [2.24, 2.45) is 0 Å². The Morgan fingerprint density at radius 2 is 2.31 bits per heavy atom. The lowest BCUT2D eigenvalue weighted by molar-refractivity contribution is 0.338. The maximum Gasteiger partial charge on any atom is 0.122 e. The van der Waals surface area contributed by atoms with Gasteiger partial charge in [0.25, 0.3) is 0 Å². The summed E-state index contributed by atoms with van der Waals surface area (Å²) in [5, 5.41) is 0.644. The van der Waals surface area contributed by atoms with Crippen LogP contribution >= 0.6 is 23.4 Å². The van der Waals surface area contributed by atoms with Crippen LogP contribution in [0.1, 0.15) is 24.8 Å². The highest BCUT2D eigenvalue weighted by Crippen LogP contribution is 2.36. The minimum Gasteiger partial charge on any atom is -0.493 e. The number of ether oxygens (including phenoxy) is 1. The summed E-state index contributed by atoms with van der Waals surface area (Å²) in [5.74, 6) is 3.51. The number of rotatable bonds is 5. The fourth-order valence-corrected chi connectivity index (χ4v) is 3.46. The zero-order valence-corrected chi connectivity index (χ0v) is 11.1. The number of fused-ring (bicyclic) bond motifs is 1.